The molecule has 0 aromatic carbocycles. The van der Waals surface area contributed by atoms with Gasteiger partial charge in [0, 0.05) is 12.0 Å². The fourth-order valence-electron chi connectivity index (χ4n) is 2.42. The minimum atomic E-state index is 0.0848. The van der Waals surface area contributed by atoms with Gasteiger partial charge in [-0.1, -0.05) is 26.2 Å². The summed E-state index contributed by atoms with van der Waals surface area (Å²) in [6.45, 7) is 4.21. The molecule has 0 radical (unpaired) electrons. The lowest BCUT2D eigenvalue weighted by molar-refractivity contribution is -0.120. The number of carbonyl (C=O) groups excluding carboxylic acids is 1. The van der Waals surface area contributed by atoms with Gasteiger partial charge in [-0.3, -0.25) is 4.79 Å². The zero-order valence-corrected chi connectivity index (χ0v) is 12.4. The molecule has 5 nitrogen and oxygen atoms in total. The van der Waals surface area contributed by atoms with Crippen molar-refractivity contribution in [3.8, 4) is 0 Å². The van der Waals surface area contributed by atoms with Crippen LogP contribution in [0.5, 0.6) is 0 Å². The van der Waals surface area contributed by atoms with Crippen LogP contribution in [-0.4, -0.2) is 22.1 Å². The molecule has 2 rings (SSSR count). The van der Waals surface area contributed by atoms with Crippen LogP contribution < -0.4 is 10.6 Å². The molecule has 1 aliphatic rings. The highest BCUT2D eigenvalue weighted by atomic mass is 16.1. The maximum atomic E-state index is 12.1. The van der Waals surface area contributed by atoms with Crippen LogP contribution in [0, 0.1) is 5.92 Å². The SMILES string of the molecule is CCC(C)Nc1ccc(NC(=O)C2CCCCC2)nn1. The van der Waals surface area contributed by atoms with Crippen molar-refractivity contribution in [3.05, 3.63) is 12.1 Å². The van der Waals surface area contributed by atoms with Crippen molar-refractivity contribution >= 4 is 17.5 Å². The van der Waals surface area contributed by atoms with Crippen LogP contribution in [0.1, 0.15) is 52.4 Å². The van der Waals surface area contributed by atoms with Crippen LogP contribution in [0.3, 0.4) is 0 Å². The first-order chi connectivity index (χ1) is 9.69. The molecule has 1 aliphatic carbocycles. The average Bonchev–Trinajstić information content (AvgIpc) is 2.50. The van der Waals surface area contributed by atoms with Crippen molar-refractivity contribution in [2.24, 2.45) is 5.92 Å². The molecule has 1 amide bonds. The largest absolute Gasteiger partial charge is 0.366 e. The summed E-state index contributed by atoms with van der Waals surface area (Å²) in [5.74, 6) is 1.51. The monoisotopic (exact) mass is 276 g/mol. The molecule has 0 aliphatic heterocycles. The lowest BCUT2D eigenvalue weighted by Crippen LogP contribution is -2.25. The van der Waals surface area contributed by atoms with Gasteiger partial charge in [0.25, 0.3) is 0 Å². The van der Waals surface area contributed by atoms with Crippen molar-refractivity contribution in [3.63, 3.8) is 0 Å². The summed E-state index contributed by atoms with van der Waals surface area (Å²) in [5, 5.41) is 14.3. The Hall–Kier alpha value is -1.65. The van der Waals surface area contributed by atoms with Gasteiger partial charge in [0.1, 0.15) is 5.82 Å². The minimum absolute atomic E-state index is 0.0848. The third kappa shape index (κ3) is 4.18. The van der Waals surface area contributed by atoms with E-state index in [1.807, 2.05) is 6.07 Å². The predicted molar refractivity (Wildman–Crippen MR) is 80.6 cm³/mol. The number of amides is 1. The van der Waals surface area contributed by atoms with Crippen LogP contribution in [0.2, 0.25) is 0 Å². The van der Waals surface area contributed by atoms with E-state index in [1.165, 1.54) is 6.42 Å². The zero-order chi connectivity index (χ0) is 14.4. The van der Waals surface area contributed by atoms with E-state index in [0.717, 1.165) is 37.9 Å². The number of hydrogen-bond acceptors (Lipinski definition) is 4. The summed E-state index contributed by atoms with van der Waals surface area (Å²) in [6, 6.07) is 4.03. The van der Waals surface area contributed by atoms with Crippen molar-refractivity contribution < 1.29 is 4.79 Å². The predicted octanol–water partition coefficient (Wildman–Crippen LogP) is 3.21. The Bertz CT molecular complexity index is 426. The molecule has 1 fully saturated rings. The summed E-state index contributed by atoms with van der Waals surface area (Å²) >= 11 is 0. The van der Waals surface area contributed by atoms with Gasteiger partial charge in [-0.15, -0.1) is 10.2 Å². The van der Waals surface area contributed by atoms with E-state index in [0.29, 0.717) is 11.9 Å². The topological polar surface area (TPSA) is 66.9 Å². The van der Waals surface area contributed by atoms with Gasteiger partial charge in [-0.25, -0.2) is 0 Å². The maximum Gasteiger partial charge on any atom is 0.228 e. The number of nitrogens with one attached hydrogen (secondary N) is 2. The second kappa shape index (κ2) is 7.22. The molecule has 1 aromatic rings. The maximum absolute atomic E-state index is 12.1. The molecule has 110 valence electrons. The molecule has 1 aromatic heterocycles. The van der Waals surface area contributed by atoms with Crippen LogP contribution >= 0.6 is 0 Å². The standard InChI is InChI=1S/C15H24N4O/c1-3-11(2)16-13-9-10-14(19-18-13)17-15(20)12-7-5-4-6-8-12/h9-12H,3-8H2,1-2H3,(H,16,18)(H,17,19,20). The Morgan fingerprint density at radius 2 is 1.90 bits per heavy atom. The Balaban J connectivity index is 1.88. The van der Waals surface area contributed by atoms with E-state index < -0.39 is 0 Å². The number of nitrogens with zero attached hydrogens (tertiary/aromatic N) is 2. The minimum Gasteiger partial charge on any atom is -0.366 e. The Labute approximate surface area is 120 Å². The first-order valence-electron chi connectivity index (χ1n) is 7.60. The summed E-state index contributed by atoms with van der Waals surface area (Å²) in [7, 11) is 0. The average molecular weight is 276 g/mol. The van der Waals surface area contributed by atoms with Crippen molar-refractivity contribution in [1.82, 2.24) is 10.2 Å². The van der Waals surface area contributed by atoms with Gasteiger partial charge < -0.3 is 10.6 Å². The Morgan fingerprint density at radius 1 is 1.25 bits per heavy atom. The quantitative estimate of drug-likeness (QED) is 0.866. The molecule has 1 atom stereocenters. The summed E-state index contributed by atoms with van der Waals surface area (Å²) < 4.78 is 0. The van der Waals surface area contributed by atoms with Crippen LogP contribution in [0.4, 0.5) is 11.6 Å². The highest BCUT2D eigenvalue weighted by molar-refractivity contribution is 5.91. The lowest BCUT2D eigenvalue weighted by atomic mass is 9.89. The first-order valence-corrected chi connectivity index (χ1v) is 7.60. The molecule has 2 N–H and O–H groups in total. The van der Waals surface area contributed by atoms with Gasteiger partial charge in [-0.05, 0) is 38.3 Å². The molecule has 0 bridgehead atoms. The number of anilines is 2. The van der Waals surface area contributed by atoms with Gasteiger partial charge >= 0.3 is 0 Å². The summed E-state index contributed by atoms with van der Waals surface area (Å²) in [4.78, 5) is 12.1. The fraction of sp³-hybridized carbons (Fsp3) is 0.667. The first kappa shape index (κ1) is 14.8. The molecule has 0 spiro atoms. The number of aromatic nitrogens is 2. The zero-order valence-electron chi connectivity index (χ0n) is 12.4. The van der Waals surface area contributed by atoms with E-state index >= 15 is 0 Å². The summed E-state index contributed by atoms with van der Waals surface area (Å²) in [6.07, 6.45) is 6.57. The second-order valence-electron chi connectivity index (χ2n) is 5.58. The highest BCUT2D eigenvalue weighted by Crippen LogP contribution is 2.24. The van der Waals surface area contributed by atoms with Crippen molar-refractivity contribution in [2.45, 2.75) is 58.4 Å². The Kier molecular flexibility index (Phi) is 5.32. The van der Waals surface area contributed by atoms with E-state index in [4.69, 9.17) is 0 Å². The van der Waals surface area contributed by atoms with E-state index in [9.17, 15) is 4.79 Å². The normalized spacial score (nSPS) is 17.5. The molecule has 5 heteroatoms. The molecular weight excluding hydrogens is 252 g/mol. The fourth-order valence-corrected chi connectivity index (χ4v) is 2.42. The van der Waals surface area contributed by atoms with Crippen molar-refractivity contribution in [1.29, 1.82) is 0 Å². The molecule has 1 unspecified atom stereocenters. The molecule has 1 saturated carbocycles. The third-order valence-corrected chi connectivity index (χ3v) is 3.90. The second-order valence-corrected chi connectivity index (χ2v) is 5.58. The molecule has 0 saturated heterocycles. The van der Waals surface area contributed by atoms with Gasteiger partial charge in [0.15, 0.2) is 5.82 Å². The number of rotatable bonds is 5. The molecule has 1 heterocycles. The van der Waals surface area contributed by atoms with Gasteiger partial charge in [0.05, 0.1) is 0 Å². The lowest BCUT2D eigenvalue weighted by Gasteiger charge is -2.20. The highest BCUT2D eigenvalue weighted by Gasteiger charge is 2.21. The van der Waals surface area contributed by atoms with Crippen LogP contribution in [0.25, 0.3) is 0 Å². The van der Waals surface area contributed by atoms with Crippen LogP contribution in [0.15, 0.2) is 12.1 Å². The molecular formula is C15H24N4O. The Morgan fingerprint density at radius 3 is 2.50 bits per heavy atom. The third-order valence-electron chi connectivity index (χ3n) is 3.90. The van der Waals surface area contributed by atoms with Gasteiger partial charge in [0.2, 0.25) is 5.91 Å². The van der Waals surface area contributed by atoms with E-state index in [1.54, 1.807) is 6.07 Å². The smallest absolute Gasteiger partial charge is 0.228 e. The summed E-state index contributed by atoms with van der Waals surface area (Å²) in [5.41, 5.74) is 0. The molecule has 20 heavy (non-hydrogen) atoms. The van der Waals surface area contributed by atoms with E-state index in [2.05, 4.69) is 34.7 Å². The van der Waals surface area contributed by atoms with E-state index in [-0.39, 0.29) is 11.8 Å². The van der Waals surface area contributed by atoms with Crippen molar-refractivity contribution in [2.75, 3.05) is 10.6 Å². The number of carbonyl (C=O) groups is 1. The van der Waals surface area contributed by atoms with Gasteiger partial charge in [-0.2, -0.15) is 0 Å². The van der Waals surface area contributed by atoms with Crippen LogP contribution in [-0.2, 0) is 4.79 Å². The number of hydrogen-bond donors (Lipinski definition) is 2.